The van der Waals surface area contributed by atoms with Crippen molar-refractivity contribution in [1.82, 2.24) is 20.1 Å². The predicted molar refractivity (Wildman–Crippen MR) is 74.4 cm³/mol. The molecule has 102 valence electrons. The first-order valence-electron chi connectivity index (χ1n) is 6.25. The van der Waals surface area contributed by atoms with Crippen LogP contribution in [0.25, 0.3) is 0 Å². The molecule has 0 aliphatic carbocycles. The summed E-state index contributed by atoms with van der Waals surface area (Å²) in [6, 6.07) is 4.14. The Morgan fingerprint density at radius 3 is 2.63 bits per heavy atom. The van der Waals surface area contributed by atoms with E-state index in [0.717, 1.165) is 28.4 Å². The molecule has 0 aromatic carbocycles. The first-order chi connectivity index (χ1) is 9.08. The number of nitrogens with one attached hydrogen (secondary N) is 1. The lowest BCUT2D eigenvalue weighted by Crippen LogP contribution is -2.22. The minimum atomic E-state index is 0.00977. The molecule has 0 amide bonds. The fourth-order valence-electron chi connectivity index (χ4n) is 2.36. The second-order valence-electron chi connectivity index (χ2n) is 4.57. The molecular weight excluding hydrogens is 240 g/mol. The van der Waals surface area contributed by atoms with Crippen LogP contribution in [-0.4, -0.2) is 28.9 Å². The maximum Gasteiger partial charge on any atom is 0.161 e. The number of pyridine rings is 1. The van der Waals surface area contributed by atoms with Gasteiger partial charge in [0.2, 0.25) is 0 Å². The number of ether oxygens (including phenoxy) is 1. The number of rotatable bonds is 4. The highest BCUT2D eigenvalue weighted by molar-refractivity contribution is 5.38. The lowest BCUT2D eigenvalue weighted by atomic mass is 10.0. The maximum absolute atomic E-state index is 5.39. The summed E-state index contributed by atoms with van der Waals surface area (Å²) in [7, 11) is 5.50. The van der Waals surface area contributed by atoms with E-state index in [9.17, 15) is 0 Å². The minimum absolute atomic E-state index is 0.00977. The van der Waals surface area contributed by atoms with E-state index < -0.39 is 0 Å². The monoisotopic (exact) mass is 260 g/mol. The molecule has 2 aromatic rings. The van der Waals surface area contributed by atoms with Gasteiger partial charge in [-0.05, 0) is 32.5 Å². The molecule has 0 aliphatic rings. The highest BCUT2D eigenvalue weighted by Crippen LogP contribution is 2.30. The molecule has 2 aromatic heterocycles. The third-order valence-electron chi connectivity index (χ3n) is 3.31. The molecule has 0 radical (unpaired) electrons. The lowest BCUT2D eigenvalue weighted by Gasteiger charge is -2.20. The molecule has 2 rings (SSSR count). The number of nitrogens with zero attached hydrogens (tertiary/aromatic N) is 3. The van der Waals surface area contributed by atoms with Gasteiger partial charge in [-0.25, -0.2) is 0 Å². The first-order valence-corrected chi connectivity index (χ1v) is 6.25. The molecule has 19 heavy (non-hydrogen) atoms. The van der Waals surface area contributed by atoms with Crippen molar-refractivity contribution >= 4 is 0 Å². The van der Waals surface area contributed by atoms with Gasteiger partial charge in [0, 0.05) is 18.4 Å². The average Bonchev–Trinajstić information content (AvgIpc) is 2.74. The van der Waals surface area contributed by atoms with E-state index in [1.807, 2.05) is 38.7 Å². The molecule has 1 atom stereocenters. The van der Waals surface area contributed by atoms with Crippen LogP contribution in [-0.2, 0) is 7.05 Å². The summed E-state index contributed by atoms with van der Waals surface area (Å²) in [6.07, 6.45) is 1.73. The van der Waals surface area contributed by atoms with Gasteiger partial charge in [0.05, 0.1) is 19.3 Å². The van der Waals surface area contributed by atoms with E-state index in [-0.39, 0.29) is 6.04 Å². The van der Waals surface area contributed by atoms with Gasteiger partial charge in [0.1, 0.15) is 5.69 Å². The fraction of sp³-hybridized carbons (Fsp3) is 0.429. The molecule has 5 heteroatoms. The number of methoxy groups -OCH3 is 1. The van der Waals surface area contributed by atoms with Gasteiger partial charge >= 0.3 is 0 Å². The normalized spacial score (nSPS) is 12.5. The number of hydrogen-bond acceptors (Lipinski definition) is 4. The summed E-state index contributed by atoms with van der Waals surface area (Å²) in [4.78, 5) is 4.53. The van der Waals surface area contributed by atoms with Crippen LogP contribution in [0.3, 0.4) is 0 Å². The zero-order chi connectivity index (χ0) is 14.0. The lowest BCUT2D eigenvalue weighted by molar-refractivity contribution is 0.402. The van der Waals surface area contributed by atoms with E-state index in [2.05, 4.69) is 21.5 Å². The maximum atomic E-state index is 5.39. The first kappa shape index (κ1) is 13.5. The van der Waals surface area contributed by atoms with Crippen molar-refractivity contribution < 1.29 is 4.74 Å². The SMILES string of the molecule is CNC(c1ccc(C)nc1C)c1c(OC)cnn1C. The van der Waals surface area contributed by atoms with E-state index >= 15 is 0 Å². The van der Waals surface area contributed by atoms with Crippen LogP contribution in [0.1, 0.15) is 28.7 Å². The highest BCUT2D eigenvalue weighted by Gasteiger charge is 2.22. The van der Waals surface area contributed by atoms with Crippen molar-refractivity contribution in [1.29, 1.82) is 0 Å². The van der Waals surface area contributed by atoms with Crippen molar-refractivity contribution in [3.63, 3.8) is 0 Å². The quantitative estimate of drug-likeness (QED) is 0.910. The minimum Gasteiger partial charge on any atom is -0.493 e. The topological polar surface area (TPSA) is 52.0 Å². The van der Waals surface area contributed by atoms with E-state index in [4.69, 9.17) is 4.74 Å². The molecule has 0 spiro atoms. The van der Waals surface area contributed by atoms with Crippen LogP contribution in [0, 0.1) is 13.8 Å². The zero-order valence-electron chi connectivity index (χ0n) is 12.1. The largest absolute Gasteiger partial charge is 0.493 e. The molecule has 1 unspecified atom stereocenters. The summed E-state index contributed by atoms with van der Waals surface area (Å²) in [6.45, 7) is 4.02. The molecule has 1 N–H and O–H groups in total. The van der Waals surface area contributed by atoms with Crippen molar-refractivity contribution in [3.05, 3.63) is 41.0 Å². The Balaban J connectivity index is 2.52. The summed E-state index contributed by atoms with van der Waals surface area (Å²) >= 11 is 0. The van der Waals surface area contributed by atoms with E-state index in [1.165, 1.54) is 0 Å². The van der Waals surface area contributed by atoms with Crippen LogP contribution in [0.5, 0.6) is 5.75 Å². The van der Waals surface area contributed by atoms with Crippen molar-refractivity contribution in [3.8, 4) is 5.75 Å². The predicted octanol–water partition coefficient (Wildman–Crippen LogP) is 1.75. The molecule has 0 saturated heterocycles. The van der Waals surface area contributed by atoms with Gasteiger partial charge in [0.25, 0.3) is 0 Å². The second kappa shape index (κ2) is 5.40. The van der Waals surface area contributed by atoms with Crippen LogP contribution >= 0.6 is 0 Å². The van der Waals surface area contributed by atoms with Gasteiger partial charge in [-0.1, -0.05) is 6.07 Å². The Morgan fingerprint density at radius 1 is 1.32 bits per heavy atom. The number of hydrogen-bond donors (Lipinski definition) is 1. The highest BCUT2D eigenvalue weighted by atomic mass is 16.5. The van der Waals surface area contributed by atoms with E-state index in [0.29, 0.717) is 0 Å². The van der Waals surface area contributed by atoms with Gasteiger partial charge in [-0.2, -0.15) is 5.10 Å². The third kappa shape index (κ3) is 2.46. The van der Waals surface area contributed by atoms with Gasteiger partial charge in [-0.3, -0.25) is 9.67 Å². The molecule has 0 aliphatic heterocycles. The Kier molecular flexibility index (Phi) is 3.85. The molecular formula is C14H20N4O. The van der Waals surface area contributed by atoms with Crippen molar-refractivity contribution in [2.45, 2.75) is 19.9 Å². The van der Waals surface area contributed by atoms with Crippen molar-refractivity contribution in [2.75, 3.05) is 14.2 Å². The molecule has 2 heterocycles. The summed E-state index contributed by atoms with van der Waals surface area (Å²) < 4.78 is 7.22. The number of aromatic nitrogens is 3. The second-order valence-corrected chi connectivity index (χ2v) is 4.57. The Bertz CT molecular complexity index is 577. The summed E-state index contributed by atoms with van der Waals surface area (Å²) in [5, 5.41) is 7.58. The fourth-order valence-corrected chi connectivity index (χ4v) is 2.36. The standard InChI is InChI=1S/C14H20N4O/c1-9-6-7-11(10(2)17-9)13(15-3)14-12(19-5)8-16-18(14)4/h6-8,13,15H,1-5H3. The zero-order valence-corrected chi connectivity index (χ0v) is 12.1. The van der Waals surface area contributed by atoms with Crippen LogP contribution in [0.2, 0.25) is 0 Å². The summed E-state index contributed by atoms with van der Waals surface area (Å²) in [5.74, 6) is 0.779. The van der Waals surface area contributed by atoms with Crippen molar-refractivity contribution in [2.24, 2.45) is 7.05 Å². The average molecular weight is 260 g/mol. The molecule has 5 nitrogen and oxygen atoms in total. The Hall–Kier alpha value is -1.88. The van der Waals surface area contributed by atoms with Gasteiger partial charge in [-0.15, -0.1) is 0 Å². The third-order valence-corrected chi connectivity index (χ3v) is 3.31. The molecule has 0 saturated carbocycles. The Labute approximate surface area is 113 Å². The van der Waals surface area contributed by atoms with Crippen LogP contribution in [0.4, 0.5) is 0 Å². The summed E-state index contributed by atoms with van der Waals surface area (Å²) in [5.41, 5.74) is 4.17. The Morgan fingerprint density at radius 2 is 2.05 bits per heavy atom. The number of aryl methyl sites for hydroxylation is 3. The van der Waals surface area contributed by atoms with Gasteiger partial charge in [0.15, 0.2) is 5.75 Å². The molecule has 0 fully saturated rings. The molecule has 0 bridgehead atoms. The van der Waals surface area contributed by atoms with Crippen LogP contribution < -0.4 is 10.1 Å². The van der Waals surface area contributed by atoms with Gasteiger partial charge < -0.3 is 10.1 Å². The smallest absolute Gasteiger partial charge is 0.161 e. The van der Waals surface area contributed by atoms with E-state index in [1.54, 1.807) is 13.3 Å². The van der Waals surface area contributed by atoms with Crippen LogP contribution in [0.15, 0.2) is 18.3 Å².